The number of carbonyl (C=O) groups excluding carboxylic acids is 1. The SMILES string of the molecule is CC(C)(C)OC(=O)c1cccc(C[C@@H](CO)NCc2ccccc2)c1. The molecule has 0 saturated carbocycles. The van der Waals surface area contributed by atoms with Gasteiger partial charge in [0.05, 0.1) is 12.2 Å². The van der Waals surface area contributed by atoms with Crippen molar-refractivity contribution < 1.29 is 14.6 Å². The number of hydrogen-bond acceptors (Lipinski definition) is 4. The molecule has 0 aliphatic rings. The van der Waals surface area contributed by atoms with Gasteiger partial charge in [0.15, 0.2) is 0 Å². The highest BCUT2D eigenvalue weighted by atomic mass is 16.6. The zero-order chi connectivity index (χ0) is 18.3. The Balaban J connectivity index is 1.98. The predicted molar refractivity (Wildman–Crippen MR) is 99.5 cm³/mol. The van der Waals surface area contributed by atoms with E-state index in [2.05, 4.69) is 5.32 Å². The Morgan fingerprint density at radius 3 is 2.40 bits per heavy atom. The molecule has 1 atom stereocenters. The molecule has 0 unspecified atom stereocenters. The number of carbonyl (C=O) groups is 1. The van der Waals surface area contributed by atoms with Gasteiger partial charge in [-0.3, -0.25) is 0 Å². The molecular weight excluding hydrogens is 314 g/mol. The lowest BCUT2D eigenvalue weighted by molar-refractivity contribution is 0.00694. The van der Waals surface area contributed by atoms with Gasteiger partial charge in [0.1, 0.15) is 5.60 Å². The molecule has 2 N–H and O–H groups in total. The van der Waals surface area contributed by atoms with Gasteiger partial charge in [-0.05, 0) is 50.5 Å². The summed E-state index contributed by atoms with van der Waals surface area (Å²) in [5, 5.41) is 13.0. The Labute approximate surface area is 149 Å². The van der Waals surface area contributed by atoms with Gasteiger partial charge in [0.25, 0.3) is 0 Å². The van der Waals surface area contributed by atoms with E-state index in [0.717, 1.165) is 5.56 Å². The number of aliphatic hydroxyl groups is 1. The quantitative estimate of drug-likeness (QED) is 0.759. The van der Waals surface area contributed by atoms with E-state index in [-0.39, 0.29) is 18.6 Å². The van der Waals surface area contributed by atoms with E-state index in [1.807, 2.05) is 69.3 Å². The Kier molecular flexibility index (Phi) is 6.73. The van der Waals surface area contributed by atoms with Gasteiger partial charge in [-0.15, -0.1) is 0 Å². The van der Waals surface area contributed by atoms with Crippen molar-refractivity contribution in [3.8, 4) is 0 Å². The number of aliphatic hydroxyl groups excluding tert-OH is 1. The Bertz CT molecular complexity index is 677. The van der Waals surface area contributed by atoms with E-state index < -0.39 is 5.60 Å². The van der Waals surface area contributed by atoms with Crippen LogP contribution in [0, 0.1) is 0 Å². The topological polar surface area (TPSA) is 58.6 Å². The Morgan fingerprint density at radius 2 is 1.76 bits per heavy atom. The molecule has 25 heavy (non-hydrogen) atoms. The molecule has 0 aromatic heterocycles. The highest BCUT2D eigenvalue weighted by molar-refractivity contribution is 5.89. The lowest BCUT2D eigenvalue weighted by Crippen LogP contribution is -2.34. The number of benzene rings is 2. The minimum atomic E-state index is -0.516. The number of esters is 1. The van der Waals surface area contributed by atoms with Crippen LogP contribution in [0.15, 0.2) is 54.6 Å². The van der Waals surface area contributed by atoms with Crippen LogP contribution in [0.4, 0.5) is 0 Å². The van der Waals surface area contributed by atoms with Crippen LogP contribution < -0.4 is 5.32 Å². The van der Waals surface area contributed by atoms with Crippen LogP contribution in [-0.4, -0.2) is 29.3 Å². The van der Waals surface area contributed by atoms with Crippen LogP contribution in [0.5, 0.6) is 0 Å². The first-order valence-electron chi connectivity index (χ1n) is 8.58. The fraction of sp³-hybridized carbons (Fsp3) is 0.381. The van der Waals surface area contributed by atoms with Crippen molar-refractivity contribution in [1.82, 2.24) is 5.32 Å². The number of ether oxygens (including phenoxy) is 1. The normalized spacial score (nSPS) is 12.6. The minimum Gasteiger partial charge on any atom is -0.456 e. The lowest BCUT2D eigenvalue weighted by atomic mass is 10.0. The third-order valence-corrected chi connectivity index (χ3v) is 3.70. The van der Waals surface area contributed by atoms with E-state index in [9.17, 15) is 9.90 Å². The molecule has 2 aromatic carbocycles. The second-order valence-corrected chi connectivity index (χ2v) is 7.15. The van der Waals surface area contributed by atoms with E-state index >= 15 is 0 Å². The highest BCUT2D eigenvalue weighted by Gasteiger charge is 2.18. The van der Waals surface area contributed by atoms with Crippen LogP contribution in [0.2, 0.25) is 0 Å². The lowest BCUT2D eigenvalue weighted by Gasteiger charge is -2.20. The molecule has 0 aliphatic heterocycles. The van der Waals surface area contributed by atoms with Crippen LogP contribution >= 0.6 is 0 Å². The first kappa shape index (κ1) is 19.2. The van der Waals surface area contributed by atoms with E-state index in [4.69, 9.17) is 4.74 Å². The Morgan fingerprint density at radius 1 is 1.08 bits per heavy atom. The molecule has 2 aromatic rings. The van der Waals surface area contributed by atoms with Gasteiger partial charge >= 0.3 is 5.97 Å². The molecule has 0 bridgehead atoms. The summed E-state index contributed by atoms with van der Waals surface area (Å²) in [4.78, 5) is 12.2. The molecular formula is C21H27NO3. The van der Waals surface area contributed by atoms with Gasteiger partial charge in [-0.2, -0.15) is 0 Å². The van der Waals surface area contributed by atoms with E-state index in [1.165, 1.54) is 5.56 Å². The number of rotatable bonds is 7. The minimum absolute atomic E-state index is 0.0312. The monoisotopic (exact) mass is 341 g/mol. The summed E-state index contributed by atoms with van der Waals surface area (Å²) in [5.74, 6) is -0.327. The maximum Gasteiger partial charge on any atom is 0.338 e. The fourth-order valence-electron chi connectivity index (χ4n) is 2.51. The zero-order valence-corrected chi connectivity index (χ0v) is 15.2. The molecule has 0 saturated heterocycles. The van der Waals surface area contributed by atoms with Crippen LogP contribution in [0.3, 0.4) is 0 Å². The van der Waals surface area contributed by atoms with Crippen LogP contribution in [-0.2, 0) is 17.7 Å². The summed E-state index contributed by atoms with van der Waals surface area (Å²) in [6.07, 6.45) is 0.639. The van der Waals surface area contributed by atoms with Crippen molar-refractivity contribution in [2.24, 2.45) is 0 Å². The van der Waals surface area contributed by atoms with Gasteiger partial charge in [0.2, 0.25) is 0 Å². The summed E-state index contributed by atoms with van der Waals surface area (Å²) in [5.41, 5.74) is 2.18. The van der Waals surface area contributed by atoms with Crippen molar-refractivity contribution in [2.75, 3.05) is 6.61 Å². The summed E-state index contributed by atoms with van der Waals surface area (Å²) in [7, 11) is 0. The maximum atomic E-state index is 12.2. The molecule has 0 heterocycles. The van der Waals surface area contributed by atoms with Crippen molar-refractivity contribution in [3.63, 3.8) is 0 Å². The summed E-state index contributed by atoms with van der Waals surface area (Å²) < 4.78 is 5.41. The Hall–Kier alpha value is -2.17. The third kappa shape index (κ3) is 6.69. The molecule has 4 heteroatoms. The van der Waals surface area contributed by atoms with Gasteiger partial charge < -0.3 is 15.2 Å². The fourth-order valence-corrected chi connectivity index (χ4v) is 2.51. The summed E-state index contributed by atoms with van der Waals surface area (Å²) in [6.45, 7) is 6.28. The first-order valence-corrected chi connectivity index (χ1v) is 8.58. The largest absolute Gasteiger partial charge is 0.456 e. The molecule has 2 rings (SSSR count). The molecule has 4 nitrogen and oxygen atoms in total. The maximum absolute atomic E-state index is 12.2. The molecule has 0 radical (unpaired) electrons. The molecule has 0 spiro atoms. The molecule has 0 aliphatic carbocycles. The highest BCUT2D eigenvalue weighted by Crippen LogP contribution is 2.14. The predicted octanol–water partition coefficient (Wildman–Crippen LogP) is 3.34. The van der Waals surface area contributed by atoms with Crippen LogP contribution in [0.25, 0.3) is 0 Å². The molecule has 0 amide bonds. The van der Waals surface area contributed by atoms with E-state index in [1.54, 1.807) is 6.07 Å². The average Bonchev–Trinajstić information content (AvgIpc) is 2.58. The second kappa shape index (κ2) is 8.79. The summed E-state index contributed by atoms with van der Waals surface area (Å²) in [6, 6.07) is 17.4. The van der Waals surface area contributed by atoms with Crippen molar-refractivity contribution in [2.45, 2.75) is 45.4 Å². The second-order valence-electron chi connectivity index (χ2n) is 7.15. The zero-order valence-electron chi connectivity index (χ0n) is 15.2. The first-order chi connectivity index (χ1) is 11.9. The van der Waals surface area contributed by atoms with Crippen molar-refractivity contribution in [1.29, 1.82) is 0 Å². The van der Waals surface area contributed by atoms with Crippen molar-refractivity contribution >= 4 is 5.97 Å². The number of nitrogens with one attached hydrogen (secondary N) is 1. The molecule has 134 valence electrons. The molecule has 0 fully saturated rings. The van der Waals surface area contributed by atoms with Gasteiger partial charge in [-0.1, -0.05) is 42.5 Å². The van der Waals surface area contributed by atoms with Crippen LogP contribution in [0.1, 0.15) is 42.3 Å². The van der Waals surface area contributed by atoms with Gasteiger partial charge in [-0.25, -0.2) is 4.79 Å². The smallest absolute Gasteiger partial charge is 0.338 e. The third-order valence-electron chi connectivity index (χ3n) is 3.70. The average molecular weight is 341 g/mol. The summed E-state index contributed by atoms with van der Waals surface area (Å²) >= 11 is 0. The van der Waals surface area contributed by atoms with Gasteiger partial charge in [0, 0.05) is 12.6 Å². The van der Waals surface area contributed by atoms with Crippen molar-refractivity contribution in [3.05, 3.63) is 71.3 Å². The van der Waals surface area contributed by atoms with E-state index in [0.29, 0.717) is 18.5 Å². The number of hydrogen-bond donors (Lipinski definition) is 2. The standard InChI is InChI=1S/C21H27NO3/c1-21(2,3)25-20(24)18-11-7-10-17(12-18)13-19(15-23)22-14-16-8-5-4-6-9-16/h4-12,19,22-23H,13-15H2,1-3H3/t19-/m0/s1.